The first kappa shape index (κ1) is 17.3. The molecule has 0 radical (unpaired) electrons. The van der Waals surface area contributed by atoms with Crippen molar-refractivity contribution in [3.63, 3.8) is 0 Å². The number of ether oxygens (including phenoxy) is 1. The van der Waals surface area contributed by atoms with Gasteiger partial charge in [-0.15, -0.1) is 10.2 Å². The average Bonchev–Trinajstić information content (AvgIpc) is 3.18. The fraction of sp³-hybridized carbons (Fsp3) is 0.368. The van der Waals surface area contributed by atoms with Crippen LogP contribution in [-0.4, -0.2) is 63.7 Å². The van der Waals surface area contributed by atoms with Crippen LogP contribution < -0.4 is 9.64 Å². The predicted molar refractivity (Wildman–Crippen MR) is 101 cm³/mol. The van der Waals surface area contributed by atoms with E-state index in [1.54, 1.807) is 13.4 Å². The average molecular weight is 366 g/mol. The van der Waals surface area contributed by atoms with E-state index in [-0.39, 0.29) is 5.91 Å². The van der Waals surface area contributed by atoms with Crippen molar-refractivity contribution in [1.82, 2.24) is 24.5 Å². The van der Waals surface area contributed by atoms with Crippen LogP contribution >= 0.6 is 0 Å². The van der Waals surface area contributed by atoms with Crippen molar-refractivity contribution < 1.29 is 9.53 Å². The molecule has 0 atom stereocenters. The molecule has 3 heterocycles. The van der Waals surface area contributed by atoms with Crippen LogP contribution in [0.1, 0.15) is 11.3 Å². The second-order valence-corrected chi connectivity index (χ2v) is 6.65. The number of carbonyl (C=O) groups is 1. The normalized spacial score (nSPS) is 14.6. The van der Waals surface area contributed by atoms with Crippen molar-refractivity contribution in [3.8, 4) is 5.75 Å². The van der Waals surface area contributed by atoms with Crippen LogP contribution in [0, 0.1) is 6.92 Å². The number of fused-ring (bicyclic) bond motifs is 1. The van der Waals surface area contributed by atoms with Crippen molar-refractivity contribution in [2.75, 3.05) is 38.2 Å². The lowest BCUT2D eigenvalue weighted by molar-refractivity contribution is -0.130. The van der Waals surface area contributed by atoms with Gasteiger partial charge in [0, 0.05) is 37.9 Å². The van der Waals surface area contributed by atoms with Crippen LogP contribution in [0.15, 0.2) is 36.7 Å². The molecule has 1 fully saturated rings. The summed E-state index contributed by atoms with van der Waals surface area (Å²) in [4.78, 5) is 21.3. The molecule has 0 N–H and O–H groups in total. The molecule has 0 saturated carbocycles. The van der Waals surface area contributed by atoms with Crippen molar-refractivity contribution in [2.24, 2.45) is 0 Å². The maximum atomic E-state index is 12.6. The van der Waals surface area contributed by atoms with Crippen molar-refractivity contribution in [3.05, 3.63) is 47.9 Å². The highest BCUT2D eigenvalue weighted by Gasteiger charge is 2.22. The topological polar surface area (TPSA) is 75.9 Å². The summed E-state index contributed by atoms with van der Waals surface area (Å²) < 4.78 is 7.02. The number of hydrogen-bond donors (Lipinski definition) is 0. The zero-order valence-corrected chi connectivity index (χ0v) is 15.5. The molecule has 1 aliphatic rings. The van der Waals surface area contributed by atoms with Gasteiger partial charge in [0.15, 0.2) is 0 Å². The highest BCUT2D eigenvalue weighted by molar-refractivity contribution is 5.79. The van der Waals surface area contributed by atoms with Crippen molar-refractivity contribution >= 4 is 17.5 Å². The van der Waals surface area contributed by atoms with Gasteiger partial charge in [-0.3, -0.25) is 9.20 Å². The summed E-state index contributed by atoms with van der Waals surface area (Å²) in [5.41, 5.74) is 2.04. The van der Waals surface area contributed by atoms with Crippen LogP contribution in [0.25, 0.3) is 5.78 Å². The monoisotopic (exact) mass is 366 g/mol. The van der Waals surface area contributed by atoms with Gasteiger partial charge in [-0.05, 0) is 24.6 Å². The maximum Gasteiger partial charge on any atom is 0.256 e. The molecule has 0 spiro atoms. The predicted octanol–water partition coefficient (Wildman–Crippen LogP) is 1.33. The number of hydrogen-bond acceptors (Lipinski definition) is 6. The van der Waals surface area contributed by atoms with E-state index in [2.05, 4.69) is 20.1 Å². The summed E-state index contributed by atoms with van der Waals surface area (Å²) in [7, 11) is 1.64. The molecule has 27 heavy (non-hydrogen) atoms. The molecule has 140 valence electrons. The molecule has 1 saturated heterocycles. The van der Waals surface area contributed by atoms with Crippen molar-refractivity contribution in [2.45, 2.75) is 13.3 Å². The number of rotatable bonds is 4. The van der Waals surface area contributed by atoms with E-state index in [0.717, 1.165) is 35.9 Å². The van der Waals surface area contributed by atoms with E-state index in [1.165, 1.54) is 0 Å². The molecule has 4 rings (SSSR count). The zero-order valence-electron chi connectivity index (χ0n) is 15.5. The Kier molecular flexibility index (Phi) is 4.62. The first-order chi connectivity index (χ1) is 13.1. The Morgan fingerprint density at radius 3 is 2.59 bits per heavy atom. The number of carbonyl (C=O) groups excluding carboxylic acids is 1. The summed E-state index contributed by atoms with van der Waals surface area (Å²) in [5.74, 6) is 2.43. The Hall–Kier alpha value is -3.16. The van der Waals surface area contributed by atoms with Crippen LogP contribution in [0.5, 0.6) is 5.75 Å². The van der Waals surface area contributed by atoms with E-state index < -0.39 is 0 Å². The number of methoxy groups -OCH3 is 1. The molecular formula is C19H22N6O2. The van der Waals surface area contributed by atoms with Gasteiger partial charge < -0.3 is 14.5 Å². The number of anilines is 1. The van der Waals surface area contributed by atoms with E-state index in [4.69, 9.17) is 4.74 Å². The van der Waals surface area contributed by atoms with Gasteiger partial charge in [-0.25, -0.2) is 0 Å². The van der Waals surface area contributed by atoms with Gasteiger partial charge in [-0.2, -0.15) is 4.98 Å². The number of piperazine rings is 1. The largest absolute Gasteiger partial charge is 0.497 e. The molecule has 2 aromatic heterocycles. The number of nitrogens with zero attached hydrogens (tertiary/aromatic N) is 6. The van der Waals surface area contributed by atoms with E-state index >= 15 is 0 Å². The van der Waals surface area contributed by atoms with Crippen molar-refractivity contribution in [1.29, 1.82) is 0 Å². The minimum absolute atomic E-state index is 0.150. The molecule has 0 bridgehead atoms. The highest BCUT2D eigenvalue weighted by Crippen LogP contribution is 2.18. The third kappa shape index (κ3) is 3.55. The summed E-state index contributed by atoms with van der Waals surface area (Å²) in [6, 6.07) is 9.68. The fourth-order valence-corrected chi connectivity index (χ4v) is 3.32. The van der Waals surface area contributed by atoms with Gasteiger partial charge in [0.2, 0.25) is 5.91 Å². The molecule has 1 amide bonds. The van der Waals surface area contributed by atoms with E-state index in [9.17, 15) is 4.79 Å². The van der Waals surface area contributed by atoms with Crippen LogP contribution in [0.3, 0.4) is 0 Å². The molecule has 8 heteroatoms. The summed E-state index contributed by atoms with van der Waals surface area (Å²) in [6.07, 6.45) is 2.07. The van der Waals surface area contributed by atoms with Crippen LogP contribution in [0.4, 0.5) is 5.82 Å². The quantitative estimate of drug-likeness (QED) is 0.693. The van der Waals surface area contributed by atoms with E-state index in [0.29, 0.717) is 25.3 Å². The second-order valence-electron chi connectivity index (χ2n) is 6.65. The standard InChI is InChI=1S/C19H22N6O2/c1-14-11-17(21-19-22-20-13-25(14)19)23-7-9-24(10-8-23)18(26)12-15-3-5-16(27-2)6-4-15/h3-6,11,13H,7-10,12H2,1-2H3. The molecule has 8 nitrogen and oxygen atoms in total. The lowest BCUT2D eigenvalue weighted by Crippen LogP contribution is -2.49. The Morgan fingerprint density at radius 1 is 1.15 bits per heavy atom. The Labute approximate surface area is 157 Å². The smallest absolute Gasteiger partial charge is 0.256 e. The number of aryl methyl sites for hydroxylation is 1. The maximum absolute atomic E-state index is 12.6. The molecular weight excluding hydrogens is 344 g/mol. The third-order valence-corrected chi connectivity index (χ3v) is 4.93. The molecule has 3 aromatic rings. The van der Waals surface area contributed by atoms with Gasteiger partial charge >= 0.3 is 0 Å². The molecule has 0 aliphatic carbocycles. The number of amides is 1. The fourth-order valence-electron chi connectivity index (χ4n) is 3.32. The van der Waals surface area contributed by atoms with Crippen LogP contribution in [-0.2, 0) is 11.2 Å². The minimum atomic E-state index is 0.150. The summed E-state index contributed by atoms with van der Waals surface area (Å²) in [5, 5.41) is 7.94. The van der Waals surface area contributed by atoms with Gasteiger partial charge in [0.25, 0.3) is 5.78 Å². The lowest BCUT2D eigenvalue weighted by Gasteiger charge is -2.35. The first-order valence-electron chi connectivity index (χ1n) is 8.97. The van der Waals surface area contributed by atoms with Crippen LogP contribution in [0.2, 0.25) is 0 Å². The molecule has 1 aliphatic heterocycles. The molecule has 1 aromatic carbocycles. The minimum Gasteiger partial charge on any atom is -0.497 e. The summed E-state index contributed by atoms with van der Waals surface area (Å²) in [6.45, 7) is 4.90. The highest BCUT2D eigenvalue weighted by atomic mass is 16.5. The van der Waals surface area contributed by atoms with Gasteiger partial charge in [0.1, 0.15) is 17.9 Å². The lowest BCUT2D eigenvalue weighted by atomic mass is 10.1. The van der Waals surface area contributed by atoms with E-state index in [1.807, 2.05) is 46.6 Å². The SMILES string of the molecule is COc1ccc(CC(=O)N2CCN(c3cc(C)n4cnnc4n3)CC2)cc1. The third-order valence-electron chi connectivity index (χ3n) is 4.93. The molecule has 0 unspecified atom stereocenters. The van der Waals surface area contributed by atoms with Gasteiger partial charge in [0.05, 0.1) is 13.5 Å². The Morgan fingerprint density at radius 2 is 1.89 bits per heavy atom. The van der Waals surface area contributed by atoms with Gasteiger partial charge in [-0.1, -0.05) is 12.1 Å². The summed E-state index contributed by atoms with van der Waals surface area (Å²) >= 11 is 0. The Balaban J connectivity index is 1.38. The first-order valence-corrected chi connectivity index (χ1v) is 8.97. The second kappa shape index (κ2) is 7.22. The Bertz CT molecular complexity index is 944. The number of benzene rings is 1. The zero-order chi connectivity index (χ0) is 18.8. The number of aromatic nitrogens is 4.